The monoisotopic (exact) mass is 339 g/mol. The van der Waals surface area contributed by atoms with Crippen molar-refractivity contribution in [2.45, 2.75) is 19.0 Å². The highest BCUT2D eigenvalue weighted by molar-refractivity contribution is 6.42. The number of nitrogens with zero attached hydrogens (tertiary/aromatic N) is 1. The minimum Gasteiger partial charge on any atom is -0.296 e. The van der Waals surface area contributed by atoms with Gasteiger partial charge in [0.1, 0.15) is 0 Å². The van der Waals surface area contributed by atoms with Gasteiger partial charge < -0.3 is 0 Å². The third-order valence-corrected chi connectivity index (χ3v) is 4.40. The van der Waals surface area contributed by atoms with Gasteiger partial charge in [0.2, 0.25) is 0 Å². The van der Waals surface area contributed by atoms with Crippen LogP contribution in [0.1, 0.15) is 23.2 Å². The first kappa shape index (κ1) is 16.6. The van der Waals surface area contributed by atoms with Crippen molar-refractivity contribution in [3.63, 3.8) is 0 Å². The fourth-order valence-corrected chi connectivity index (χ4v) is 2.68. The molecule has 1 saturated heterocycles. The van der Waals surface area contributed by atoms with Crippen molar-refractivity contribution in [2.75, 3.05) is 19.6 Å². The number of ketones is 1. The fourth-order valence-electron chi connectivity index (χ4n) is 2.38. The number of benzene rings is 1. The summed E-state index contributed by atoms with van der Waals surface area (Å²) in [7, 11) is 0. The van der Waals surface area contributed by atoms with E-state index in [2.05, 4.69) is 0 Å². The van der Waals surface area contributed by atoms with Gasteiger partial charge in [-0.05, 0) is 44.1 Å². The third-order valence-electron chi connectivity index (χ3n) is 3.66. The number of piperidine rings is 1. The van der Waals surface area contributed by atoms with Crippen molar-refractivity contribution in [2.24, 2.45) is 5.92 Å². The zero-order chi connectivity index (χ0) is 15.6. The van der Waals surface area contributed by atoms with Crippen LogP contribution in [-0.4, -0.2) is 36.5 Å². The van der Waals surface area contributed by atoms with Gasteiger partial charge in [0.05, 0.1) is 22.5 Å². The Kier molecular flexibility index (Phi) is 5.17. The van der Waals surface area contributed by atoms with Crippen LogP contribution < -0.4 is 0 Å². The number of Topliss-reactive ketones (excluding diaryl/α,β-unsaturated/α-hetero) is 1. The van der Waals surface area contributed by atoms with E-state index in [1.165, 1.54) is 12.1 Å². The zero-order valence-electron chi connectivity index (χ0n) is 11.1. The largest absolute Gasteiger partial charge is 0.391 e. The van der Waals surface area contributed by atoms with Crippen molar-refractivity contribution in [3.05, 3.63) is 33.8 Å². The van der Waals surface area contributed by atoms with Gasteiger partial charge in [0.25, 0.3) is 0 Å². The number of hydrogen-bond acceptors (Lipinski definition) is 2. The molecule has 0 bridgehead atoms. The summed E-state index contributed by atoms with van der Waals surface area (Å²) in [6.45, 7) is 0.650. The molecule has 0 amide bonds. The summed E-state index contributed by atoms with van der Waals surface area (Å²) in [6.07, 6.45) is -4.06. The molecular weight excluding hydrogens is 326 g/mol. The van der Waals surface area contributed by atoms with Crippen LogP contribution in [0.2, 0.25) is 10.0 Å². The Bertz CT molecular complexity index is 525. The second kappa shape index (κ2) is 6.55. The molecule has 21 heavy (non-hydrogen) atoms. The smallest absolute Gasteiger partial charge is 0.296 e. The minimum atomic E-state index is -4.14. The van der Waals surface area contributed by atoms with Crippen LogP contribution in [0.15, 0.2) is 18.2 Å². The first-order valence-corrected chi connectivity index (χ1v) is 7.30. The van der Waals surface area contributed by atoms with Crippen LogP contribution in [0.4, 0.5) is 13.2 Å². The van der Waals surface area contributed by atoms with Crippen LogP contribution in [0.5, 0.6) is 0 Å². The predicted molar refractivity (Wildman–Crippen MR) is 76.0 cm³/mol. The Balaban J connectivity index is 1.91. The van der Waals surface area contributed by atoms with Crippen molar-refractivity contribution >= 4 is 29.0 Å². The molecular formula is C14H14Cl2F3NO. The maximum absolute atomic E-state index is 12.6. The highest BCUT2D eigenvalue weighted by Crippen LogP contribution is 2.34. The summed E-state index contributed by atoms with van der Waals surface area (Å²) in [5.41, 5.74) is 0.419. The van der Waals surface area contributed by atoms with E-state index in [-0.39, 0.29) is 38.3 Å². The van der Waals surface area contributed by atoms with Crippen LogP contribution in [0.3, 0.4) is 0 Å². The lowest BCUT2D eigenvalue weighted by molar-refractivity contribution is -0.184. The van der Waals surface area contributed by atoms with Gasteiger partial charge in [0.15, 0.2) is 5.78 Å². The van der Waals surface area contributed by atoms with Crippen molar-refractivity contribution in [3.8, 4) is 0 Å². The number of halogens is 5. The standard InChI is InChI=1S/C14H14Cl2F3NO/c15-11-2-1-9(7-12(11)16)13(21)8-20-5-3-10(4-6-20)14(17,18)19/h1-2,7,10H,3-6,8H2. The van der Waals surface area contributed by atoms with Gasteiger partial charge in [-0.25, -0.2) is 0 Å². The topological polar surface area (TPSA) is 20.3 Å². The number of carbonyl (C=O) groups is 1. The second-order valence-electron chi connectivity index (χ2n) is 5.14. The van der Waals surface area contributed by atoms with E-state index in [0.717, 1.165) is 0 Å². The van der Waals surface area contributed by atoms with E-state index in [1.807, 2.05) is 0 Å². The van der Waals surface area contributed by atoms with Gasteiger partial charge in [-0.1, -0.05) is 23.2 Å². The van der Waals surface area contributed by atoms with Crippen molar-refractivity contribution < 1.29 is 18.0 Å². The molecule has 116 valence electrons. The summed E-state index contributed by atoms with van der Waals surface area (Å²) >= 11 is 11.6. The summed E-state index contributed by atoms with van der Waals surface area (Å²) in [6, 6.07) is 4.58. The lowest BCUT2D eigenvalue weighted by atomic mass is 9.96. The molecule has 1 aromatic rings. The van der Waals surface area contributed by atoms with Crippen molar-refractivity contribution in [1.29, 1.82) is 0 Å². The van der Waals surface area contributed by atoms with Gasteiger partial charge in [0, 0.05) is 5.56 Å². The zero-order valence-corrected chi connectivity index (χ0v) is 12.6. The maximum Gasteiger partial charge on any atom is 0.391 e. The number of likely N-dealkylation sites (tertiary alicyclic amines) is 1. The lowest BCUT2D eigenvalue weighted by Gasteiger charge is -2.32. The molecule has 0 saturated carbocycles. The van der Waals surface area contributed by atoms with E-state index >= 15 is 0 Å². The minimum absolute atomic E-state index is 0.0398. The van der Waals surface area contributed by atoms with Crippen LogP contribution in [0.25, 0.3) is 0 Å². The molecule has 0 N–H and O–H groups in total. The maximum atomic E-state index is 12.6. The molecule has 2 rings (SSSR count). The highest BCUT2D eigenvalue weighted by atomic mass is 35.5. The highest BCUT2D eigenvalue weighted by Gasteiger charge is 2.41. The van der Waals surface area contributed by atoms with Crippen LogP contribution in [-0.2, 0) is 0 Å². The quantitative estimate of drug-likeness (QED) is 0.758. The molecule has 1 fully saturated rings. The summed E-state index contributed by atoms with van der Waals surface area (Å²) < 4.78 is 37.7. The van der Waals surface area contributed by atoms with E-state index < -0.39 is 12.1 Å². The fraction of sp³-hybridized carbons (Fsp3) is 0.500. The SMILES string of the molecule is O=C(CN1CCC(C(F)(F)F)CC1)c1ccc(Cl)c(Cl)c1. The van der Waals surface area contributed by atoms with E-state index in [0.29, 0.717) is 15.6 Å². The molecule has 1 aromatic carbocycles. The molecule has 1 heterocycles. The lowest BCUT2D eigenvalue weighted by Crippen LogP contribution is -2.41. The number of carbonyl (C=O) groups excluding carboxylic acids is 1. The Morgan fingerprint density at radius 3 is 2.33 bits per heavy atom. The van der Waals surface area contributed by atoms with Gasteiger partial charge in [-0.2, -0.15) is 13.2 Å². The molecule has 0 unspecified atom stereocenters. The molecule has 1 aliphatic rings. The predicted octanol–water partition coefficient (Wildman–Crippen LogP) is 4.45. The third kappa shape index (κ3) is 4.34. The molecule has 2 nitrogen and oxygen atoms in total. The summed E-state index contributed by atoms with van der Waals surface area (Å²) in [5.74, 6) is -1.42. The number of alkyl halides is 3. The van der Waals surface area contributed by atoms with Gasteiger partial charge >= 0.3 is 6.18 Å². The Morgan fingerprint density at radius 1 is 1.19 bits per heavy atom. The van der Waals surface area contributed by atoms with Crippen LogP contribution in [0, 0.1) is 5.92 Å². The Hall–Kier alpha value is -0.780. The van der Waals surface area contributed by atoms with E-state index in [1.54, 1.807) is 11.0 Å². The molecule has 0 aliphatic carbocycles. The van der Waals surface area contributed by atoms with Crippen molar-refractivity contribution in [1.82, 2.24) is 4.90 Å². The second-order valence-corrected chi connectivity index (χ2v) is 5.96. The molecule has 1 aliphatic heterocycles. The summed E-state index contributed by atoms with van der Waals surface area (Å²) in [4.78, 5) is 13.8. The molecule has 0 radical (unpaired) electrons. The van der Waals surface area contributed by atoms with Crippen LogP contribution >= 0.6 is 23.2 Å². The average Bonchev–Trinajstić information content (AvgIpc) is 2.41. The Labute approximate surface area is 130 Å². The number of rotatable bonds is 3. The molecule has 7 heteroatoms. The first-order valence-electron chi connectivity index (χ1n) is 6.54. The average molecular weight is 340 g/mol. The Morgan fingerprint density at radius 2 is 1.81 bits per heavy atom. The van der Waals surface area contributed by atoms with Gasteiger partial charge in [-0.3, -0.25) is 9.69 Å². The first-order chi connectivity index (χ1) is 9.77. The van der Waals surface area contributed by atoms with E-state index in [4.69, 9.17) is 23.2 Å². The normalized spacial score (nSPS) is 18.0. The molecule has 0 aromatic heterocycles. The summed E-state index contributed by atoms with van der Waals surface area (Å²) in [5, 5.41) is 0.650. The van der Waals surface area contributed by atoms with Gasteiger partial charge in [-0.15, -0.1) is 0 Å². The molecule has 0 spiro atoms. The van der Waals surface area contributed by atoms with E-state index in [9.17, 15) is 18.0 Å². The number of hydrogen-bond donors (Lipinski definition) is 0. The molecule has 0 atom stereocenters.